The first kappa shape index (κ1) is 6.56. The minimum absolute atomic E-state index is 1.22. The maximum atomic E-state index is 2.24. The molecule has 0 N–H and O–H groups in total. The summed E-state index contributed by atoms with van der Waals surface area (Å²) in [5.41, 5.74) is 0. The van der Waals surface area contributed by atoms with Crippen molar-refractivity contribution in [3.05, 3.63) is 11.5 Å². The molecular formula is C6H10S2. The quantitative estimate of drug-likeness (QED) is 0.514. The van der Waals surface area contributed by atoms with Gasteiger partial charge < -0.3 is 0 Å². The van der Waals surface area contributed by atoms with Crippen molar-refractivity contribution in [3.8, 4) is 0 Å². The highest BCUT2D eigenvalue weighted by molar-refractivity contribution is 8.02. The Morgan fingerprint density at radius 1 is 1.25 bits per heavy atom. The molecule has 1 rings (SSSR count). The van der Waals surface area contributed by atoms with E-state index < -0.39 is 0 Å². The second-order valence-corrected chi connectivity index (χ2v) is 3.83. The molecule has 1 heterocycles. The van der Waals surface area contributed by atoms with E-state index in [1.54, 1.807) is 0 Å². The van der Waals surface area contributed by atoms with Crippen molar-refractivity contribution in [1.82, 2.24) is 0 Å². The topological polar surface area (TPSA) is 0 Å². The Bertz CT molecular complexity index is 68.6. The Morgan fingerprint density at radius 3 is 3.25 bits per heavy atom. The first-order chi connectivity index (χ1) is 4.00. The van der Waals surface area contributed by atoms with Crippen LogP contribution in [0.3, 0.4) is 0 Å². The predicted octanol–water partition coefficient (Wildman–Crippen LogP) is 2.37. The Balaban J connectivity index is 2.17. The molecule has 0 fully saturated rings. The lowest BCUT2D eigenvalue weighted by Gasteiger charge is -1.99. The molecule has 0 bridgehead atoms. The molecule has 46 valence electrons. The zero-order valence-electron chi connectivity index (χ0n) is 4.80. The highest BCUT2D eigenvalue weighted by atomic mass is 32.2. The van der Waals surface area contributed by atoms with Crippen molar-refractivity contribution in [1.29, 1.82) is 0 Å². The van der Waals surface area contributed by atoms with Crippen LogP contribution in [0, 0.1) is 0 Å². The monoisotopic (exact) mass is 146 g/mol. The van der Waals surface area contributed by atoms with Gasteiger partial charge in [-0.25, -0.2) is 0 Å². The van der Waals surface area contributed by atoms with Crippen molar-refractivity contribution in [2.45, 2.75) is 6.42 Å². The Morgan fingerprint density at radius 2 is 2.25 bits per heavy atom. The summed E-state index contributed by atoms with van der Waals surface area (Å²) >= 11 is 3.96. The lowest BCUT2D eigenvalue weighted by molar-refractivity contribution is 1.13. The fraction of sp³-hybridized carbons (Fsp3) is 0.667. The molecule has 0 radical (unpaired) electrons. The average molecular weight is 146 g/mol. The molecule has 0 saturated carbocycles. The van der Waals surface area contributed by atoms with E-state index in [4.69, 9.17) is 0 Å². The van der Waals surface area contributed by atoms with Gasteiger partial charge in [-0.15, -0.1) is 11.8 Å². The predicted molar refractivity (Wildman–Crippen MR) is 43.5 cm³/mol. The fourth-order valence-corrected chi connectivity index (χ4v) is 2.30. The van der Waals surface area contributed by atoms with E-state index in [2.05, 4.69) is 11.5 Å². The normalized spacial score (nSPS) is 26.0. The van der Waals surface area contributed by atoms with Crippen molar-refractivity contribution in [2.75, 3.05) is 17.3 Å². The van der Waals surface area contributed by atoms with Gasteiger partial charge in [0.2, 0.25) is 0 Å². The smallest absolute Gasteiger partial charge is 0.0121 e. The molecule has 0 aliphatic carbocycles. The van der Waals surface area contributed by atoms with E-state index in [1.807, 2.05) is 23.5 Å². The number of thioether (sulfide) groups is 2. The van der Waals surface area contributed by atoms with Crippen LogP contribution >= 0.6 is 23.5 Å². The first-order valence-electron chi connectivity index (χ1n) is 2.84. The molecule has 8 heavy (non-hydrogen) atoms. The van der Waals surface area contributed by atoms with Crippen molar-refractivity contribution in [3.63, 3.8) is 0 Å². The van der Waals surface area contributed by atoms with Gasteiger partial charge in [-0.1, -0.05) is 6.08 Å². The van der Waals surface area contributed by atoms with Crippen LogP contribution in [0.4, 0.5) is 0 Å². The third-order valence-electron chi connectivity index (χ3n) is 0.957. The summed E-state index contributed by atoms with van der Waals surface area (Å²) in [5, 5.41) is 2.21. The molecule has 0 unspecified atom stereocenters. The molecule has 0 amide bonds. The maximum absolute atomic E-state index is 2.24. The maximum Gasteiger partial charge on any atom is 0.0121 e. The molecule has 0 aromatic heterocycles. The molecule has 0 aromatic rings. The van der Waals surface area contributed by atoms with Crippen LogP contribution in [-0.2, 0) is 0 Å². The number of hydrogen-bond acceptors (Lipinski definition) is 2. The second-order valence-electron chi connectivity index (χ2n) is 1.67. The second kappa shape index (κ2) is 4.33. The van der Waals surface area contributed by atoms with Crippen LogP contribution in [-0.4, -0.2) is 17.3 Å². The molecule has 1 aliphatic heterocycles. The van der Waals surface area contributed by atoms with Gasteiger partial charge in [-0.2, -0.15) is 11.8 Å². The van der Waals surface area contributed by atoms with E-state index in [1.165, 1.54) is 23.7 Å². The highest BCUT2D eigenvalue weighted by Crippen LogP contribution is 2.13. The average Bonchev–Trinajstić information content (AvgIpc) is 1.62. The fourth-order valence-electron chi connectivity index (χ4n) is 0.571. The van der Waals surface area contributed by atoms with E-state index >= 15 is 0 Å². The summed E-state index contributed by atoms with van der Waals surface area (Å²) in [7, 11) is 0. The van der Waals surface area contributed by atoms with Gasteiger partial charge in [-0.3, -0.25) is 0 Å². The van der Waals surface area contributed by atoms with Crippen LogP contribution in [0.25, 0.3) is 0 Å². The van der Waals surface area contributed by atoms with Gasteiger partial charge in [0.1, 0.15) is 0 Å². The van der Waals surface area contributed by atoms with Crippen LogP contribution in [0.15, 0.2) is 11.5 Å². The molecule has 0 spiro atoms. The minimum Gasteiger partial charge on any atom is -0.158 e. The summed E-state index contributed by atoms with van der Waals surface area (Å²) in [5.74, 6) is 3.87. The molecule has 2 heteroatoms. The molecule has 1 aliphatic rings. The molecule has 0 saturated heterocycles. The third-order valence-corrected chi connectivity index (χ3v) is 2.87. The summed E-state index contributed by atoms with van der Waals surface area (Å²) in [6.07, 6.45) is 3.62. The lowest BCUT2D eigenvalue weighted by Crippen LogP contribution is -1.85. The SMILES string of the molecule is C1=C\SCCCSC/1. The van der Waals surface area contributed by atoms with Crippen molar-refractivity contribution in [2.24, 2.45) is 0 Å². The third kappa shape index (κ3) is 2.68. The van der Waals surface area contributed by atoms with E-state index in [0.717, 1.165) is 0 Å². The summed E-state index contributed by atoms with van der Waals surface area (Å²) < 4.78 is 0. The standard InChI is InChI=1S/C6H10S2/c1-3-7-5-2-6-8-4-1/h1,3H,2,4-6H2/b3-1-. The Kier molecular flexibility index (Phi) is 3.55. The molecule has 0 atom stereocenters. The molecule has 0 nitrogen and oxygen atoms in total. The van der Waals surface area contributed by atoms with Crippen LogP contribution in [0.5, 0.6) is 0 Å². The first-order valence-corrected chi connectivity index (χ1v) is 5.05. The van der Waals surface area contributed by atoms with Gasteiger partial charge in [0.05, 0.1) is 0 Å². The summed E-state index contributed by atoms with van der Waals surface area (Å²) in [4.78, 5) is 0. The van der Waals surface area contributed by atoms with Gasteiger partial charge in [-0.05, 0) is 23.3 Å². The zero-order valence-corrected chi connectivity index (χ0v) is 6.43. The number of hydrogen-bond donors (Lipinski definition) is 0. The largest absolute Gasteiger partial charge is 0.158 e. The minimum atomic E-state index is 1.22. The van der Waals surface area contributed by atoms with Crippen molar-refractivity contribution >= 4 is 23.5 Å². The van der Waals surface area contributed by atoms with Gasteiger partial charge in [0.25, 0.3) is 0 Å². The summed E-state index contributed by atoms with van der Waals surface area (Å²) in [6.45, 7) is 0. The van der Waals surface area contributed by atoms with Gasteiger partial charge in [0, 0.05) is 5.75 Å². The van der Waals surface area contributed by atoms with E-state index in [9.17, 15) is 0 Å². The Labute approximate surface area is 59.1 Å². The van der Waals surface area contributed by atoms with E-state index in [0.29, 0.717) is 0 Å². The van der Waals surface area contributed by atoms with Gasteiger partial charge >= 0.3 is 0 Å². The van der Waals surface area contributed by atoms with Crippen LogP contribution < -0.4 is 0 Å². The van der Waals surface area contributed by atoms with Crippen LogP contribution in [0.1, 0.15) is 6.42 Å². The number of rotatable bonds is 0. The van der Waals surface area contributed by atoms with Gasteiger partial charge in [0.15, 0.2) is 0 Å². The highest BCUT2D eigenvalue weighted by Gasteiger charge is 1.90. The van der Waals surface area contributed by atoms with Crippen LogP contribution in [0.2, 0.25) is 0 Å². The molecule has 0 aromatic carbocycles. The lowest BCUT2D eigenvalue weighted by atomic mass is 10.6. The van der Waals surface area contributed by atoms with Crippen molar-refractivity contribution < 1.29 is 0 Å². The van der Waals surface area contributed by atoms with E-state index in [-0.39, 0.29) is 0 Å². The zero-order chi connectivity index (χ0) is 5.66. The Hall–Kier alpha value is 0.440. The molecular weight excluding hydrogens is 136 g/mol. The summed E-state index contributed by atoms with van der Waals surface area (Å²) in [6, 6.07) is 0.